The molecule has 1 aromatic rings. The number of hydrogen-bond acceptors (Lipinski definition) is 6. The minimum Gasteiger partial charge on any atom is -0.495 e. The molecule has 0 atom stereocenters. The summed E-state index contributed by atoms with van der Waals surface area (Å²) < 4.78 is 10.5. The zero-order chi connectivity index (χ0) is 13.1. The highest BCUT2D eigenvalue weighted by atomic mass is 32.2. The average molecular weight is 259 g/mol. The molecule has 1 aromatic carbocycles. The van der Waals surface area contributed by atoms with Gasteiger partial charge in [-0.25, -0.2) is 0 Å². The topological polar surface area (TPSA) is 84.9 Å². The molecule has 0 unspecified atom stereocenters. The summed E-state index contributed by atoms with van der Waals surface area (Å²) in [6.07, 6.45) is 1.81. The highest BCUT2D eigenvalue weighted by molar-refractivity contribution is 7.98. The van der Waals surface area contributed by atoms with Crippen molar-refractivity contribution in [2.75, 3.05) is 20.5 Å². The third-order valence-electron chi connectivity index (χ3n) is 2.19. The molecule has 0 saturated carbocycles. The van der Waals surface area contributed by atoms with Crippen molar-refractivity contribution in [1.82, 2.24) is 0 Å². The fourth-order valence-electron chi connectivity index (χ4n) is 1.54. The normalized spacial score (nSPS) is 11.4. The molecule has 17 heavy (non-hydrogen) atoms. The average Bonchev–Trinajstić information content (AvgIpc) is 2.25. The molecule has 0 aromatic heterocycles. The number of ether oxygens (including phenoxy) is 2. The summed E-state index contributed by atoms with van der Waals surface area (Å²) >= 11 is 1.49. The predicted molar refractivity (Wildman–Crippen MR) is 66.4 cm³/mol. The highest BCUT2D eigenvalue weighted by Gasteiger charge is 2.19. The van der Waals surface area contributed by atoms with Gasteiger partial charge in [0.05, 0.1) is 19.1 Å². The Labute approximate surface area is 105 Å². The van der Waals surface area contributed by atoms with Gasteiger partial charge in [0, 0.05) is 6.42 Å². The Morgan fingerprint density at radius 1 is 1.24 bits per heavy atom. The Bertz CT molecular complexity index is 365. The molecule has 0 saturated heterocycles. The van der Waals surface area contributed by atoms with E-state index in [1.165, 1.54) is 11.8 Å². The zero-order valence-corrected chi connectivity index (χ0v) is 10.9. The second kappa shape index (κ2) is 5.59. The number of aliphatic hydroxyl groups is 2. The van der Waals surface area contributed by atoms with Crippen LogP contribution in [0.4, 0.5) is 0 Å². The lowest BCUT2D eigenvalue weighted by Gasteiger charge is -2.18. The van der Waals surface area contributed by atoms with Crippen molar-refractivity contribution < 1.29 is 19.7 Å². The quantitative estimate of drug-likeness (QED) is 0.529. The van der Waals surface area contributed by atoms with E-state index in [0.29, 0.717) is 17.1 Å². The van der Waals surface area contributed by atoms with E-state index in [-0.39, 0.29) is 6.42 Å². The summed E-state index contributed by atoms with van der Waals surface area (Å²) in [5.41, 5.74) is 5.77. The van der Waals surface area contributed by atoms with Crippen molar-refractivity contribution in [3.63, 3.8) is 0 Å². The van der Waals surface area contributed by atoms with Gasteiger partial charge in [0.1, 0.15) is 11.5 Å². The van der Waals surface area contributed by atoms with Crippen LogP contribution >= 0.6 is 11.8 Å². The van der Waals surface area contributed by atoms with E-state index in [1.807, 2.05) is 6.26 Å². The van der Waals surface area contributed by atoms with E-state index in [0.717, 1.165) is 4.90 Å². The number of nitrogens with two attached hydrogens (primary N) is 1. The van der Waals surface area contributed by atoms with Crippen LogP contribution in [0.2, 0.25) is 0 Å². The van der Waals surface area contributed by atoms with Crippen LogP contribution < -0.4 is 15.2 Å². The summed E-state index contributed by atoms with van der Waals surface area (Å²) in [6, 6.07) is 3.42. The molecule has 0 bridgehead atoms. The van der Waals surface area contributed by atoms with Crippen molar-refractivity contribution in [2.24, 2.45) is 5.73 Å². The van der Waals surface area contributed by atoms with Gasteiger partial charge < -0.3 is 19.7 Å². The number of hydrogen-bond donors (Lipinski definition) is 3. The molecule has 0 amide bonds. The minimum atomic E-state index is -2.24. The van der Waals surface area contributed by atoms with E-state index in [2.05, 4.69) is 0 Å². The summed E-state index contributed by atoms with van der Waals surface area (Å²) in [4.78, 5) is 0.859. The fourth-order valence-corrected chi connectivity index (χ4v) is 2.22. The molecule has 6 heteroatoms. The summed E-state index contributed by atoms with van der Waals surface area (Å²) in [5.74, 6) is -0.996. The smallest absolute Gasteiger partial charge is 0.223 e. The van der Waals surface area contributed by atoms with Crippen LogP contribution in [0.1, 0.15) is 5.56 Å². The molecular weight excluding hydrogens is 242 g/mol. The van der Waals surface area contributed by atoms with Gasteiger partial charge in [0.25, 0.3) is 0 Å². The van der Waals surface area contributed by atoms with Crippen LogP contribution in [-0.4, -0.2) is 36.6 Å². The second-order valence-electron chi connectivity index (χ2n) is 3.59. The first-order valence-corrected chi connectivity index (χ1v) is 6.16. The molecule has 0 aliphatic rings. The number of rotatable bonds is 5. The first-order valence-electron chi connectivity index (χ1n) is 4.93. The van der Waals surface area contributed by atoms with Crippen LogP contribution in [0.15, 0.2) is 17.0 Å². The largest absolute Gasteiger partial charge is 0.495 e. The summed E-state index contributed by atoms with van der Waals surface area (Å²) in [7, 11) is 3.09. The van der Waals surface area contributed by atoms with E-state index >= 15 is 0 Å². The molecule has 0 radical (unpaired) electrons. The third-order valence-corrected chi connectivity index (χ3v) is 3.00. The van der Waals surface area contributed by atoms with E-state index < -0.39 is 5.91 Å². The van der Waals surface area contributed by atoms with Crippen LogP contribution in [0.25, 0.3) is 0 Å². The first-order chi connectivity index (χ1) is 7.91. The first kappa shape index (κ1) is 14.1. The van der Waals surface area contributed by atoms with Gasteiger partial charge in [-0.1, -0.05) is 0 Å². The standard InChI is InChI=1S/C11H17NO4S/c1-15-8-4-7(6-11(12,13)14)5-9(16-2)10(8)17-3/h4-5,13-14H,6,12H2,1-3H3. The van der Waals surface area contributed by atoms with E-state index in [9.17, 15) is 10.2 Å². The molecule has 1 rings (SSSR count). The van der Waals surface area contributed by atoms with E-state index in [4.69, 9.17) is 15.2 Å². The lowest BCUT2D eigenvalue weighted by atomic mass is 10.1. The van der Waals surface area contributed by atoms with Crippen molar-refractivity contribution in [3.05, 3.63) is 17.7 Å². The van der Waals surface area contributed by atoms with Gasteiger partial charge in [-0.15, -0.1) is 11.8 Å². The number of methoxy groups -OCH3 is 2. The maximum atomic E-state index is 9.17. The van der Waals surface area contributed by atoms with E-state index in [1.54, 1.807) is 26.4 Å². The van der Waals surface area contributed by atoms with Gasteiger partial charge in [-0.2, -0.15) is 0 Å². The second-order valence-corrected chi connectivity index (χ2v) is 4.41. The van der Waals surface area contributed by atoms with Gasteiger partial charge in [-0.3, -0.25) is 5.73 Å². The third kappa shape index (κ3) is 3.78. The molecule has 0 spiro atoms. The Morgan fingerprint density at radius 2 is 1.71 bits per heavy atom. The predicted octanol–water partition coefficient (Wildman–Crippen LogP) is 0.565. The van der Waals surface area contributed by atoms with Gasteiger partial charge >= 0.3 is 0 Å². The molecule has 4 N–H and O–H groups in total. The monoisotopic (exact) mass is 259 g/mol. The Morgan fingerprint density at radius 3 is 2.00 bits per heavy atom. The highest BCUT2D eigenvalue weighted by Crippen LogP contribution is 2.38. The molecule has 0 heterocycles. The van der Waals surface area contributed by atoms with Crippen LogP contribution in [0, 0.1) is 0 Å². The summed E-state index contributed by atoms with van der Waals surface area (Å²) in [6.45, 7) is 0. The Kier molecular flexibility index (Phi) is 4.64. The molecule has 5 nitrogen and oxygen atoms in total. The lowest BCUT2D eigenvalue weighted by molar-refractivity contribution is -0.153. The van der Waals surface area contributed by atoms with Gasteiger partial charge in [0.2, 0.25) is 5.91 Å². The molecule has 0 fully saturated rings. The molecular formula is C11H17NO4S. The van der Waals surface area contributed by atoms with Crippen molar-refractivity contribution in [3.8, 4) is 11.5 Å². The van der Waals surface area contributed by atoms with Gasteiger partial charge in [0.15, 0.2) is 0 Å². The zero-order valence-electron chi connectivity index (χ0n) is 10.1. The fraction of sp³-hybridized carbons (Fsp3) is 0.455. The summed E-state index contributed by atoms with van der Waals surface area (Å²) in [5, 5.41) is 18.3. The number of thioether (sulfide) groups is 1. The Balaban J connectivity index is 3.18. The van der Waals surface area contributed by atoms with Gasteiger partial charge in [-0.05, 0) is 24.0 Å². The van der Waals surface area contributed by atoms with Crippen LogP contribution in [-0.2, 0) is 6.42 Å². The lowest BCUT2D eigenvalue weighted by Crippen LogP contribution is -2.41. The molecule has 0 aliphatic heterocycles. The van der Waals surface area contributed by atoms with Crippen LogP contribution in [0.3, 0.4) is 0 Å². The Hall–Kier alpha value is -0.950. The maximum Gasteiger partial charge on any atom is 0.223 e. The van der Waals surface area contributed by atoms with Crippen molar-refractivity contribution in [1.29, 1.82) is 0 Å². The van der Waals surface area contributed by atoms with Crippen LogP contribution in [0.5, 0.6) is 11.5 Å². The molecule has 96 valence electrons. The SMILES string of the molecule is COc1cc(CC(N)(O)O)cc(OC)c1SC. The molecule has 0 aliphatic carbocycles. The minimum absolute atomic E-state index is 0.103. The van der Waals surface area contributed by atoms with Crippen molar-refractivity contribution >= 4 is 11.8 Å². The number of benzene rings is 1. The maximum absolute atomic E-state index is 9.17. The van der Waals surface area contributed by atoms with Crippen molar-refractivity contribution in [2.45, 2.75) is 17.2 Å².